The van der Waals surface area contributed by atoms with Gasteiger partial charge in [0.25, 0.3) is 0 Å². The van der Waals surface area contributed by atoms with E-state index in [1.807, 2.05) is 0 Å². The first-order valence-corrected chi connectivity index (χ1v) is 6.86. The summed E-state index contributed by atoms with van der Waals surface area (Å²) in [7, 11) is 0. The fraction of sp³-hybridized carbons (Fsp3) is 0.333. The summed E-state index contributed by atoms with van der Waals surface area (Å²) in [6.45, 7) is 1.82. The minimum atomic E-state index is -0.156. The summed E-state index contributed by atoms with van der Waals surface area (Å²) in [4.78, 5) is 39.5. The maximum absolute atomic E-state index is 11.9. The fourth-order valence-electron chi connectivity index (χ4n) is 1.96. The molecular formula is C12H11ClN2O3S. The van der Waals surface area contributed by atoms with Crippen LogP contribution in [-0.4, -0.2) is 34.1 Å². The van der Waals surface area contributed by atoms with Crippen molar-refractivity contribution in [2.45, 2.75) is 18.6 Å². The molecular weight excluding hydrogens is 288 g/mol. The molecule has 0 radical (unpaired) electrons. The van der Waals surface area contributed by atoms with E-state index < -0.39 is 0 Å². The van der Waals surface area contributed by atoms with Crippen molar-refractivity contribution in [1.29, 1.82) is 0 Å². The third kappa shape index (κ3) is 2.96. The fourth-order valence-corrected chi connectivity index (χ4v) is 3.06. The van der Waals surface area contributed by atoms with Crippen molar-refractivity contribution in [2.75, 3.05) is 11.4 Å². The summed E-state index contributed by atoms with van der Waals surface area (Å²) in [5, 5.41) is 0.120. The molecule has 1 fully saturated rings. The van der Waals surface area contributed by atoms with Gasteiger partial charge in [-0.05, 0) is 6.07 Å². The van der Waals surface area contributed by atoms with Crippen LogP contribution in [0.2, 0.25) is 5.02 Å². The summed E-state index contributed by atoms with van der Waals surface area (Å²) in [6.07, 6.45) is 2.30. The lowest BCUT2D eigenvalue weighted by Crippen LogP contribution is -2.27. The maximum Gasteiger partial charge on any atom is 0.229 e. The summed E-state index contributed by atoms with van der Waals surface area (Å²) < 4.78 is 0. The van der Waals surface area contributed by atoms with Gasteiger partial charge in [-0.3, -0.25) is 19.3 Å². The highest BCUT2D eigenvalue weighted by Gasteiger charge is 2.34. The molecule has 100 valence electrons. The lowest BCUT2D eigenvalue weighted by molar-refractivity contribution is -0.117. The van der Waals surface area contributed by atoms with Crippen LogP contribution in [0.15, 0.2) is 12.3 Å². The Morgan fingerprint density at radius 1 is 1.63 bits per heavy atom. The summed E-state index contributed by atoms with van der Waals surface area (Å²) in [6, 6.07) is 1.50. The molecule has 1 aromatic rings. The van der Waals surface area contributed by atoms with E-state index >= 15 is 0 Å². The summed E-state index contributed by atoms with van der Waals surface area (Å²) >= 11 is 7.04. The smallest absolute Gasteiger partial charge is 0.229 e. The van der Waals surface area contributed by atoms with Gasteiger partial charge in [0.2, 0.25) is 5.91 Å². The lowest BCUT2D eigenvalue weighted by atomic mass is 10.2. The van der Waals surface area contributed by atoms with Gasteiger partial charge >= 0.3 is 0 Å². The second kappa shape index (κ2) is 5.71. The molecule has 0 aromatic carbocycles. The van der Waals surface area contributed by atoms with Crippen LogP contribution in [0.3, 0.4) is 0 Å². The number of anilines is 1. The van der Waals surface area contributed by atoms with E-state index in [0.29, 0.717) is 12.8 Å². The van der Waals surface area contributed by atoms with Crippen molar-refractivity contribution >= 4 is 46.5 Å². The molecule has 0 spiro atoms. The molecule has 0 saturated carbocycles. The SMILES string of the molecule is CC(=O)SC1CC(=O)N(c2nccc(Cl)c2C=O)C1. The number of carbonyl (C=O) groups is 3. The Labute approximate surface area is 119 Å². The van der Waals surface area contributed by atoms with E-state index in [1.165, 1.54) is 24.1 Å². The van der Waals surface area contributed by atoms with Crippen molar-refractivity contribution in [3.8, 4) is 0 Å². The number of amides is 1. The van der Waals surface area contributed by atoms with Gasteiger partial charge in [0, 0.05) is 31.3 Å². The van der Waals surface area contributed by atoms with Gasteiger partial charge in [0.15, 0.2) is 11.4 Å². The Bertz CT molecular complexity index is 550. The number of nitrogens with zero attached hydrogens (tertiary/aromatic N) is 2. The van der Waals surface area contributed by atoms with Gasteiger partial charge in [-0.15, -0.1) is 0 Å². The van der Waals surface area contributed by atoms with Crippen LogP contribution in [0.4, 0.5) is 5.82 Å². The van der Waals surface area contributed by atoms with Gasteiger partial charge < -0.3 is 0 Å². The van der Waals surface area contributed by atoms with Crippen LogP contribution in [-0.2, 0) is 9.59 Å². The molecule has 0 N–H and O–H groups in total. The van der Waals surface area contributed by atoms with Crippen LogP contribution < -0.4 is 4.90 Å². The molecule has 7 heteroatoms. The number of thioether (sulfide) groups is 1. The molecule has 1 saturated heterocycles. The predicted octanol–water partition coefficient (Wildman–Crippen LogP) is 1.93. The highest BCUT2D eigenvalue weighted by atomic mass is 35.5. The molecule has 1 aromatic heterocycles. The number of rotatable bonds is 3. The van der Waals surface area contributed by atoms with Gasteiger partial charge in [0.1, 0.15) is 5.82 Å². The number of halogens is 1. The molecule has 1 aliphatic heterocycles. The quantitative estimate of drug-likeness (QED) is 0.798. The molecule has 2 heterocycles. The number of hydrogen-bond donors (Lipinski definition) is 0. The monoisotopic (exact) mass is 298 g/mol. The van der Waals surface area contributed by atoms with E-state index in [4.69, 9.17) is 11.6 Å². The topological polar surface area (TPSA) is 67.3 Å². The molecule has 1 unspecified atom stereocenters. The zero-order valence-corrected chi connectivity index (χ0v) is 11.7. The van der Waals surface area contributed by atoms with Gasteiger partial charge in [0.05, 0.1) is 10.6 Å². The number of carbonyl (C=O) groups excluding carboxylic acids is 3. The van der Waals surface area contributed by atoms with Crippen molar-refractivity contribution in [2.24, 2.45) is 0 Å². The zero-order valence-electron chi connectivity index (χ0n) is 10.1. The highest BCUT2D eigenvalue weighted by molar-refractivity contribution is 8.14. The summed E-state index contributed by atoms with van der Waals surface area (Å²) in [5.74, 6) is 0.107. The Hall–Kier alpha value is -1.40. The van der Waals surface area contributed by atoms with Gasteiger partial charge in [-0.25, -0.2) is 4.98 Å². The molecule has 1 aliphatic rings. The average Bonchev–Trinajstić information content (AvgIpc) is 2.68. The molecule has 0 aliphatic carbocycles. The highest BCUT2D eigenvalue weighted by Crippen LogP contribution is 2.31. The third-order valence-electron chi connectivity index (χ3n) is 2.71. The standard InChI is InChI=1S/C12H11ClN2O3S/c1-7(17)19-8-4-11(18)15(5-8)12-9(6-16)10(13)2-3-14-12/h2-3,6,8H,4-5H2,1H3. The van der Waals surface area contributed by atoms with Crippen molar-refractivity contribution < 1.29 is 14.4 Å². The minimum Gasteiger partial charge on any atom is -0.298 e. The zero-order chi connectivity index (χ0) is 14.0. The second-order valence-corrected chi connectivity index (χ2v) is 5.97. The second-order valence-electron chi connectivity index (χ2n) is 4.09. The van der Waals surface area contributed by atoms with Crippen molar-refractivity contribution in [3.63, 3.8) is 0 Å². The third-order valence-corrected chi connectivity index (χ3v) is 4.02. The number of aldehydes is 1. The number of pyridine rings is 1. The van der Waals surface area contributed by atoms with Crippen molar-refractivity contribution in [3.05, 3.63) is 22.8 Å². The van der Waals surface area contributed by atoms with Gasteiger partial charge in [-0.1, -0.05) is 23.4 Å². The van der Waals surface area contributed by atoms with Crippen molar-refractivity contribution in [1.82, 2.24) is 4.98 Å². The Balaban J connectivity index is 2.28. The van der Waals surface area contributed by atoms with Crippen LogP contribution >= 0.6 is 23.4 Å². The van der Waals surface area contributed by atoms with E-state index in [0.717, 1.165) is 11.8 Å². The van der Waals surface area contributed by atoms with Crippen LogP contribution in [0.1, 0.15) is 23.7 Å². The van der Waals surface area contributed by atoms with Gasteiger partial charge in [-0.2, -0.15) is 0 Å². The Morgan fingerprint density at radius 3 is 3.00 bits per heavy atom. The largest absolute Gasteiger partial charge is 0.298 e. The Kier molecular flexibility index (Phi) is 4.21. The van der Waals surface area contributed by atoms with E-state index in [2.05, 4.69) is 4.98 Å². The molecule has 1 atom stereocenters. The Morgan fingerprint density at radius 2 is 2.37 bits per heavy atom. The average molecular weight is 299 g/mol. The number of aromatic nitrogens is 1. The molecule has 1 amide bonds. The van der Waals surface area contributed by atoms with Crippen LogP contribution in [0.5, 0.6) is 0 Å². The predicted molar refractivity (Wildman–Crippen MR) is 73.7 cm³/mol. The molecule has 2 rings (SSSR count). The van der Waals surface area contributed by atoms with Crippen LogP contribution in [0, 0.1) is 0 Å². The first-order chi connectivity index (χ1) is 9.02. The molecule has 0 bridgehead atoms. The van der Waals surface area contributed by atoms with Crippen LogP contribution in [0.25, 0.3) is 0 Å². The first-order valence-electron chi connectivity index (χ1n) is 5.60. The minimum absolute atomic E-state index is 0.0330. The molecule has 5 nitrogen and oxygen atoms in total. The number of hydrogen-bond acceptors (Lipinski definition) is 5. The molecule has 19 heavy (non-hydrogen) atoms. The normalized spacial score (nSPS) is 18.7. The first kappa shape index (κ1) is 14.0. The maximum atomic E-state index is 11.9. The van der Waals surface area contributed by atoms with E-state index in [1.54, 1.807) is 0 Å². The lowest BCUT2D eigenvalue weighted by Gasteiger charge is -2.17. The van der Waals surface area contributed by atoms with E-state index in [-0.39, 0.29) is 39.1 Å². The summed E-state index contributed by atoms with van der Waals surface area (Å²) in [5.41, 5.74) is 0.200. The van der Waals surface area contributed by atoms with E-state index in [9.17, 15) is 14.4 Å².